The second kappa shape index (κ2) is 11.2. The lowest BCUT2D eigenvalue weighted by Crippen LogP contribution is -2.35. The van der Waals surface area contributed by atoms with E-state index in [9.17, 15) is 9.36 Å². The summed E-state index contributed by atoms with van der Waals surface area (Å²) in [7, 11) is -4.07. The molecule has 6 nitrogen and oxygen atoms in total. The lowest BCUT2D eigenvalue weighted by Gasteiger charge is -2.24. The minimum atomic E-state index is -4.07. The molecule has 2 atom stereocenters. The van der Waals surface area contributed by atoms with Gasteiger partial charge in [-0.3, -0.25) is 4.79 Å². The van der Waals surface area contributed by atoms with Gasteiger partial charge in [-0.05, 0) is 77.2 Å². The van der Waals surface area contributed by atoms with Gasteiger partial charge >= 0.3 is 13.7 Å². The number of halogens is 1. The van der Waals surface area contributed by atoms with Crippen LogP contribution in [-0.2, 0) is 20.7 Å². The normalized spacial score (nSPS) is 13.6. The fourth-order valence-electron chi connectivity index (χ4n) is 3.46. The molecule has 180 valence electrons. The second-order valence-corrected chi connectivity index (χ2v) is 10.9. The lowest BCUT2D eigenvalue weighted by atomic mass is 10.1. The zero-order valence-corrected chi connectivity index (χ0v) is 22.4. The number of aryl methyl sites for hydroxylation is 1. The van der Waals surface area contributed by atoms with E-state index < -0.39 is 19.8 Å². The number of carbonyl (C=O) groups excluding carboxylic acids is 1. The van der Waals surface area contributed by atoms with E-state index in [0.29, 0.717) is 11.5 Å². The topological polar surface area (TPSA) is 73.9 Å². The Labute approximate surface area is 218 Å². The highest BCUT2D eigenvalue weighted by atomic mass is 127. The Morgan fingerprint density at radius 1 is 0.914 bits per heavy atom. The molecule has 0 aliphatic carbocycles. The third kappa shape index (κ3) is 6.63. The fourth-order valence-corrected chi connectivity index (χ4v) is 5.72. The summed E-state index contributed by atoms with van der Waals surface area (Å²) in [5, 5.41) is 4.47. The molecule has 1 N–H and O–H groups in total. The number of rotatable bonds is 9. The minimum Gasteiger partial charge on any atom is -0.460 e. The summed E-state index contributed by atoms with van der Waals surface area (Å²) in [5.74, 6) is 0.205. The molecule has 4 rings (SSSR count). The van der Waals surface area contributed by atoms with Gasteiger partial charge in [0.05, 0.1) is 0 Å². The maximum absolute atomic E-state index is 14.1. The summed E-state index contributed by atoms with van der Waals surface area (Å²) in [4.78, 5) is 12.7. The van der Waals surface area contributed by atoms with Crippen LogP contribution in [0.5, 0.6) is 11.5 Å². The van der Waals surface area contributed by atoms with Crippen LogP contribution in [0.15, 0.2) is 91.0 Å². The van der Waals surface area contributed by atoms with Crippen molar-refractivity contribution in [1.29, 1.82) is 0 Å². The molecule has 4 aromatic rings. The molecule has 1 unspecified atom stereocenters. The predicted molar refractivity (Wildman–Crippen MR) is 146 cm³/mol. The SMILES string of the molecule is Cc1cc(I)ccc1OP(=O)(N[C@@H](C)C(=O)OCc1ccccc1)Oc1cccc2ccccc12. The summed E-state index contributed by atoms with van der Waals surface area (Å²) in [6, 6.07) is 27.0. The zero-order chi connectivity index (χ0) is 24.8. The van der Waals surface area contributed by atoms with Crippen molar-refractivity contribution < 1.29 is 23.1 Å². The predicted octanol–water partition coefficient (Wildman–Crippen LogP) is 7.04. The molecule has 0 heterocycles. The molecule has 0 aliphatic heterocycles. The summed E-state index contributed by atoms with van der Waals surface area (Å²) < 4.78 is 32.4. The number of ether oxygens (including phenoxy) is 1. The molecule has 8 heteroatoms. The molecule has 35 heavy (non-hydrogen) atoms. The van der Waals surface area contributed by atoms with Crippen LogP contribution >= 0.6 is 30.3 Å². The lowest BCUT2D eigenvalue weighted by molar-refractivity contribution is -0.146. The highest BCUT2D eigenvalue weighted by molar-refractivity contribution is 14.1. The molecule has 0 spiro atoms. The van der Waals surface area contributed by atoms with Crippen molar-refractivity contribution in [2.75, 3.05) is 0 Å². The van der Waals surface area contributed by atoms with Crippen LogP contribution in [0.3, 0.4) is 0 Å². The van der Waals surface area contributed by atoms with Gasteiger partial charge in [0.2, 0.25) is 0 Å². The smallest absolute Gasteiger partial charge is 0.460 e. The summed E-state index contributed by atoms with van der Waals surface area (Å²) in [6.45, 7) is 3.53. The Hall–Kier alpha value is -2.87. The first-order valence-electron chi connectivity index (χ1n) is 11.0. The highest BCUT2D eigenvalue weighted by Crippen LogP contribution is 2.47. The molecule has 0 fully saturated rings. The van der Waals surface area contributed by atoms with Crippen LogP contribution in [0.2, 0.25) is 0 Å². The summed E-state index contributed by atoms with van der Waals surface area (Å²) >= 11 is 2.20. The van der Waals surface area contributed by atoms with Gasteiger partial charge in [-0.1, -0.05) is 66.7 Å². The van der Waals surface area contributed by atoms with E-state index in [2.05, 4.69) is 27.7 Å². The van der Waals surface area contributed by atoms with E-state index in [1.54, 1.807) is 19.1 Å². The van der Waals surface area contributed by atoms with Gasteiger partial charge in [0.15, 0.2) is 0 Å². The van der Waals surface area contributed by atoms with Gasteiger partial charge in [0, 0.05) is 8.96 Å². The number of hydrogen-bond donors (Lipinski definition) is 1. The van der Waals surface area contributed by atoms with Gasteiger partial charge in [-0.25, -0.2) is 4.57 Å². The average Bonchev–Trinajstić information content (AvgIpc) is 2.85. The van der Waals surface area contributed by atoms with E-state index in [1.165, 1.54) is 0 Å². The van der Waals surface area contributed by atoms with E-state index in [4.69, 9.17) is 13.8 Å². The Morgan fingerprint density at radius 2 is 1.60 bits per heavy atom. The second-order valence-electron chi connectivity index (χ2n) is 8.01. The van der Waals surface area contributed by atoms with E-state index in [1.807, 2.05) is 85.8 Å². The fraction of sp³-hybridized carbons (Fsp3) is 0.148. The summed E-state index contributed by atoms with van der Waals surface area (Å²) in [5.41, 5.74) is 1.65. The molecule has 0 saturated heterocycles. The summed E-state index contributed by atoms with van der Waals surface area (Å²) in [6.07, 6.45) is 0. The van der Waals surface area contributed by atoms with Crippen LogP contribution < -0.4 is 14.1 Å². The van der Waals surface area contributed by atoms with Crippen LogP contribution in [-0.4, -0.2) is 12.0 Å². The van der Waals surface area contributed by atoms with Crippen molar-refractivity contribution in [1.82, 2.24) is 5.09 Å². The Morgan fingerprint density at radius 3 is 2.37 bits per heavy atom. The molecule has 0 aliphatic rings. The number of fused-ring (bicyclic) bond motifs is 1. The van der Waals surface area contributed by atoms with Crippen molar-refractivity contribution in [3.05, 3.63) is 106 Å². The highest BCUT2D eigenvalue weighted by Gasteiger charge is 2.34. The molecular formula is C27H25INO5P. The number of benzene rings is 4. The molecule has 0 radical (unpaired) electrons. The minimum absolute atomic E-state index is 0.108. The van der Waals surface area contributed by atoms with Gasteiger partial charge in [-0.15, -0.1) is 0 Å². The first-order chi connectivity index (χ1) is 16.8. The van der Waals surface area contributed by atoms with Crippen LogP contribution in [0.25, 0.3) is 10.8 Å². The van der Waals surface area contributed by atoms with E-state index >= 15 is 0 Å². The number of hydrogen-bond acceptors (Lipinski definition) is 5. The average molecular weight is 601 g/mol. The maximum Gasteiger partial charge on any atom is 0.513 e. The molecule has 0 aromatic heterocycles. The van der Waals surface area contributed by atoms with Gasteiger partial charge in [0.25, 0.3) is 0 Å². The van der Waals surface area contributed by atoms with Crippen LogP contribution in [0.1, 0.15) is 18.1 Å². The van der Waals surface area contributed by atoms with Crippen LogP contribution in [0, 0.1) is 10.5 Å². The zero-order valence-electron chi connectivity index (χ0n) is 19.3. The number of carbonyl (C=O) groups is 1. The van der Waals surface area contributed by atoms with Crippen molar-refractivity contribution >= 4 is 47.1 Å². The Kier molecular flexibility index (Phi) is 8.11. The van der Waals surface area contributed by atoms with E-state index in [-0.39, 0.29) is 6.61 Å². The standard InChI is InChI=1S/C27H25INO5P/c1-19-17-23(28)15-16-25(19)33-35(31,34-26-14-8-12-22-11-6-7-13-24(22)26)29-20(2)27(30)32-18-21-9-4-3-5-10-21/h3-17,20H,18H2,1-2H3,(H,29,31)/t20-,35?/m0/s1. The monoisotopic (exact) mass is 601 g/mol. The van der Waals surface area contributed by atoms with Crippen molar-refractivity contribution in [2.24, 2.45) is 0 Å². The number of esters is 1. The maximum atomic E-state index is 14.1. The number of nitrogens with one attached hydrogen (secondary N) is 1. The molecule has 4 aromatic carbocycles. The molecule has 0 amide bonds. The molecular weight excluding hydrogens is 576 g/mol. The van der Waals surface area contributed by atoms with Crippen LogP contribution in [0.4, 0.5) is 0 Å². The molecule has 0 saturated carbocycles. The first-order valence-corrected chi connectivity index (χ1v) is 13.7. The van der Waals surface area contributed by atoms with Gasteiger partial charge < -0.3 is 13.8 Å². The van der Waals surface area contributed by atoms with E-state index in [0.717, 1.165) is 25.5 Å². The van der Waals surface area contributed by atoms with Crippen molar-refractivity contribution in [2.45, 2.75) is 26.5 Å². The molecule has 0 bridgehead atoms. The van der Waals surface area contributed by atoms with Gasteiger partial charge in [-0.2, -0.15) is 5.09 Å². The van der Waals surface area contributed by atoms with Crippen molar-refractivity contribution in [3.8, 4) is 11.5 Å². The quantitative estimate of drug-likeness (QED) is 0.126. The Bertz CT molecular complexity index is 1370. The first kappa shape index (κ1) is 25.2. The third-order valence-corrected chi connectivity index (χ3v) is 7.50. The largest absolute Gasteiger partial charge is 0.513 e. The van der Waals surface area contributed by atoms with Crippen molar-refractivity contribution in [3.63, 3.8) is 0 Å². The third-order valence-electron chi connectivity index (χ3n) is 5.25. The van der Waals surface area contributed by atoms with Gasteiger partial charge in [0.1, 0.15) is 24.1 Å². The Balaban J connectivity index is 1.59.